The Balaban J connectivity index is 2.03. The van der Waals surface area contributed by atoms with Crippen LogP contribution in [0.25, 0.3) is 0 Å². The number of nitrogens with two attached hydrogens (primary N) is 1. The molecule has 1 aliphatic rings. The first-order chi connectivity index (χ1) is 10.8. The lowest BCUT2D eigenvalue weighted by molar-refractivity contribution is -0.143. The normalized spacial score (nSPS) is 18.7. The zero-order valence-corrected chi connectivity index (χ0v) is 13.2. The number of hydrogen-bond donors (Lipinski definition) is 4. The van der Waals surface area contributed by atoms with Crippen LogP contribution < -0.4 is 5.73 Å². The van der Waals surface area contributed by atoms with E-state index in [4.69, 9.17) is 22.4 Å². The summed E-state index contributed by atoms with van der Waals surface area (Å²) in [6.45, 7) is 0.175. The molecule has 6 nitrogen and oxygen atoms in total. The van der Waals surface area contributed by atoms with Gasteiger partial charge in [-0.1, -0.05) is 11.6 Å². The number of aromatic hydroxyl groups is 1. The van der Waals surface area contributed by atoms with Gasteiger partial charge >= 0.3 is 0 Å². The average molecular weight is 347 g/mol. The van der Waals surface area contributed by atoms with E-state index in [0.29, 0.717) is 31.5 Å². The van der Waals surface area contributed by atoms with Crippen molar-refractivity contribution in [3.8, 4) is 5.75 Å². The van der Waals surface area contributed by atoms with Gasteiger partial charge in [0.2, 0.25) is 0 Å². The highest BCUT2D eigenvalue weighted by Crippen LogP contribution is 2.35. The molecule has 1 amide bonds. The number of amides is 1. The van der Waals surface area contributed by atoms with Crippen molar-refractivity contribution in [2.24, 2.45) is 11.7 Å². The minimum absolute atomic E-state index is 0.0160. The molecule has 1 heterocycles. The molecular formula is C15H20ClFN2O4. The summed E-state index contributed by atoms with van der Waals surface area (Å²) in [7, 11) is 0. The van der Waals surface area contributed by atoms with Gasteiger partial charge < -0.3 is 26.0 Å². The van der Waals surface area contributed by atoms with Gasteiger partial charge in [0, 0.05) is 30.8 Å². The quantitative estimate of drug-likeness (QED) is 0.644. The second kappa shape index (κ2) is 7.44. The van der Waals surface area contributed by atoms with Gasteiger partial charge in [0.05, 0.1) is 11.6 Å². The van der Waals surface area contributed by atoms with E-state index in [1.165, 1.54) is 11.0 Å². The van der Waals surface area contributed by atoms with Crippen LogP contribution in [0, 0.1) is 11.7 Å². The van der Waals surface area contributed by atoms with Crippen molar-refractivity contribution < 1.29 is 24.5 Å². The molecule has 2 rings (SSSR count). The molecule has 1 saturated heterocycles. The maximum atomic E-state index is 13.3. The smallest absolute Gasteiger partial charge is 0.253 e. The molecule has 0 spiro atoms. The van der Waals surface area contributed by atoms with Gasteiger partial charge in [-0.05, 0) is 24.8 Å². The molecule has 0 saturated carbocycles. The van der Waals surface area contributed by atoms with Crippen molar-refractivity contribution in [2.75, 3.05) is 19.7 Å². The molecule has 1 aromatic rings. The van der Waals surface area contributed by atoms with E-state index in [2.05, 4.69) is 0 Å². The van der Waals surface area contributed by atoms with Crippen LogP contribution in [0.4, 0.5) is 4.39 Å². The highest BCUT2D eigenvalue weighted by molar-refractivity contribution is 6.30. The minimum atomic E-state index is -1.40. The molecule has 8 heteroatoms. The molecule has 0 unspecified atom stereocenters. The molecule has 1 aliphatic heterocycles. The number of nitrogens with zero attached hydrogens (tertiary/aromatic N) is 1. The molecule has 2 atom stereocenters. The van der Waals surface area contributed by atoms with Crippen LogP contribution in [-0.2, 0) is 4.79 Å². The summed E-state index contributed by atoms with van der Waals surface area (Å²) in [5.41, 5.74) is 6.53. The second-order valence-electron chi connectivity index (χ2n) is 5.71. The summed E-state index contributed by atoms with van der Waals surface area (Å²) >= 11 is 5.74. The Morgan fingerprint density at radius 1 is 1.43 bits per heavy atom. The van der Waals surface area contributed by atoms with Crippen LogP contribution in [0.5, 0.6) is 5.75 Å². The summed E-state index contributed by atoms with van der Waals surface area (Å²) < 4.78 is 13.3. The second-order valence-corrected chi connectivity index (χ2v) is 6.12. The molecule has 1 fully saturated rings. The number of carbonyl (C=O) groups excluding carboxylic acids is 1. The molecule has 0 aromatic heterocycles. The number of benzene rings is 1. The third-order valence-corrected chi connectivity index (χ3v) is 4.54. The van der Waals surface area contributed by atoms with Gasteiger partial charge in [0.25, 0.3) is 5.91 Å². The molecule has 0 radical (unpaired) electrons. The topological polar surface area (TPSA) is 107 Å². The molecular weight excluding hydrogens is 327 g/mol. The first kappa shape index (κ1) is 17.9. The third kappa shape index (κ3) is 3.92. The molecule has 23 heavy (non-hydrogen) atoms. The van der Waals surface area contributed by atoms with E-state index in [-0.39, 0.29) is 16.7 Å². The minimum Gasteiger partial charge on any atom is -0.508 e. The van der Waals surface area contributed by atoms with Gasteiger partial charge in [0.15, 0.2) is 6.10 Å². The summed E-state index contributed by atoms with van der Waals surface area (Å²) in [4.78, 5) is 13.3. The Bertz CT molecular complexity index is 579. The van der Waals surface area contributed by atoms with E-state index in [9.17, 15) is 19.4 Å². The molecule has 0 bridgehead atoms. The van der Waals surface area contributed by atoms with E-state index in [1.54, 1.807) is 0 Å². The number of piperidine rings is 1. The first-order valence-corrected chi connectivity index (χ1v) is 7.74. The lowest BCUT2D eigenvalue weighted by Crippen LogP contribution is -2.46. The summed E-state index contributed by atoms with van der Waals surface area (Å²) in [5, 5.41) is 27.9. The number of hydrogen-bond acceptors (Lipinski definition) is 5. The van der Waals surface area contributed by atoms with Crippen molar-refractivity contribution in [3.05, 3.63) is 28.5 Å². The fourth-order valence-corrected chi connectivity index (χ4v) is 3.01. The Hall–Kier alpha value is -1.41. The Labute approximate surface area is 138 Å². The number of carbonyl (C=O) groups is 1. The van der Waals surface area contributed by atoms with Crippen molar-refractivity contribution in [1.82, 2.24) is 4.90 Å². The van der Waals surface area contributed by atoms with E-state index < -0.39 is 30.5 Å². The van der Waals surface area contributed by atoms with Crippen LogP contribution in [0.15, 0.2) is 12.1 Å². The number of likely N-dealkylation sites (tertiary alicyclic amines) is 1. The van der Waals surface area contributed by atoms with E-state index >= 15 is 0 Å². The lowest BCUT2D eigenvalue weighted by atomic mass is 9.85. The number of aliphatic hydroxyl groups excluding tert-OH is 2. The molecule has 5 N–H and O–H groups in total. The van der Waals surface area contributed by atoms with Crippen molar-refractivity contribution in [3.63, 3.8) is 0 Å². The van der Waals surface area contributed by atoms with Gasteiger partial charge in [-0.3, -0.25) is 4.79 Å². The number of phenols is 1. The van der Waals surface area contributed by atoms with Crippen LogP contribution in [0.3, 0.4) is 0 Å². The van der Waals surface area contributed by atoms with Crippen LogP contribution >= 0.6 is 11.6 Å². The summed E-state index contributed by atoms with van der Waals surface area (Å²) in [5.74, 6) is -1.47. The zero-order chi connectivity index (χ0) is 17.1. The first-order valence-electron chi connectivity index (χ1n) is 7.36. The average Bonchev–Trinajstić information content (AvgIpc) is 2.56. The van der Waals surface area contributed by atoms with Crippen molar-refractivity contribution in [2.45, 2.75) is 25.0 Å². The van der Waals surface area contributed by atoms with Gasteiger partial charge in [-0.15, -0.1) is 0 Å². The summed E-state index contributed by atoms with van der Waals surface area (Å²) in [6, 6.07) is 1.73. The zero-order valence-electron chi connectivity index (χ0n) is 12.5. The predicted octanol–water partition coefficient (Wildman–Crippen LogP) is 0.776. The predicted molar refractivity (Wildman–Crippen MR) is 82.4 cm³/mol. The Kier molecular flexibility index (Phi) is 5.80. The number of rotatable bonds is 4. The number of halogens is 2. The van der Waals surface area contributed by atoms with Crippen LogP contribution in [-0.4, -0.2) is 51.9 Å². The molecule has 128 valence electrons. The molecule has 1 aromatic carbocycles. The number of phenolic OH excluding ortho intramolecular Hbond substituents is 1. The molecule has 0 aliphatic carbocycles. The van der Waals surface area contributed by atoms with Gasteiger partial charge in [-0.2, -0.15) is 0 Å². The standard InChI is InChI=1S/C15H20ClFN2O4/c16-10-5-9(12(21)6-11(10)17)14(18)8-1-3-19(4-2-8)15(23)13(22)7-20/h5-6,8,13-14,20-22H,1-4,7,18H2/t13-,14-/m1/s1. The van der Waals surface area contributed by atoms with Crippen LogP contribution in [0.1, 0.15) is 24.4 Å². The maximum absolute atomic E-state index is 13.3. The van der Waals surface area contributed by atoms with Crippen molar-refractivity contribution in [1.29, 1.82) is 0 Å². The summed E-state index contributed by atoms with van der Waals surface area (Å²) in [6.07, 6.45) is -0.265. The van der Waals surface area contributed by atoms with Gasteiger partial charge in [-0.25, -0.2) is 4.39 Å². The van der Waals surface area contributed by atoms with Crippen LogP contribution in [0.2, 0.25) is 5.02 Å². The Morgan fingerprint density at radius 2 is 2.04 bits per heavy atom. The largest absolute Gasteiger partial charge is 0.508 e. The fraction of sp³-hybridized carbons (Fsp3) is 0.533. The van der Waals surface area contributed by atoms with E-state index in [1.807, 2.05) is 0 Å². The highest BCUT2D eigenvalue weighted by atomic mass is 35.5. The third-order valence-electron chi connectivity index (χ3n) is 4.25. The fourth-order valence-electron chi connectivity index (χ4n) is 2.84. The lowest BCUT2D eigenvalue weighted by Gasteiger charge is -2.35. The Morgan fingerprint density at radius 3 is 2.61 bits per heavy atom. The van der Waals surface area contributed by atoms with E-state index in [0.717, 1.165) is 6.07 Å². The monoisotopic (exact) mass is 346 g/mol. The van der Waals surface area contributed by atoms with Crippen molar-refractivity contribution >= 4 is 17.5 Å². The SMILES string of the molecule is N[C@@H](c1cc(Cl)c(F)cc1O)C1CCN(C(=O)[C@H](O)CO)CC1. The van der Waals surface area contributed by atoms with Gasteiger partial charge in [0.1, 0.15) is 11.6 Å². The highest BCUT2D eigenvalue weighted by Gasteiger charge is 2.31. The number of aliphatic hydroxyl groups is 2. The maximum Gasteiger partial charge on any atom is 0.253 e.